The molecule has 1 spiro atoms. The van der Waals surface area contributed by atoms with Crippen LogP contribution in [0.2, 0.25) is 0 Å². The highest BCUT2D eigenvalue weighted by Gasteiger charge is 2.55. The SMILES string of the molecule is CCN(CC)CCN1C(=O)NC2(CCCCC2CN)C1=O. The number of hydrogen-bond donors (Lipinski definition) is 2. The first-order chi connectivity index (χ1) is 10.1. The van der Waals surface area contributed by atoms with Gasteiger partial charge in [0.05, 0.1) is 0 Å². The van der Waals surface area contributed by atoms with Crippen molar-refractivity contribution in [3.8, 4) is 0 Å². The number of nitrogens with two attached hydrogens (primary N) is 1. The molecule has 6 heteroatoms. The van der Waals surface area contributed by atoms with Crippen molar-refractivity contribution < 1.29 is 9.59 Å². The van der Waals surface area contributed by atoms with Crippen molar-refractivity contribution in [2.75, 3.05) is 32.7 Å². The number of amides is 3. The molecule has 21 heavy (non-hydrogen) atoms. The van der Waals surface area contributed by atoms with Crippen molar-refractivity contribution in [2.24, 2.45) is 11.7 Å². The minimum Gasteiger partial charge on any atom is -0.330 e. The normalized spacial score (nSPS) is 29.5. The summed E-state index contributed by atoms with van der Waals surface area (Å²) in [6.45, 7) is 7.68. The molecule has 1 aliphatic heterocycles. The van der Waals surface area contributed by atoms with Crippen LogP contribution in [0.1, 0.15) is 39.5 Å². The molecule has 0 radical (unpaired) electrons. The zero-order valence-electron chi connectivity index (χ0n) is 13.2. The third kappa shape index (κ3) is 2.92. The summed E-state index contributed by atoms with van der Waals surface area (Å²) in [6, 6.07) is -0.243. The third-order valence-corrected chi connectivity index (χ3v) is 5.09. The Morgan fingerprint density at radius 3 is 2.67 bits per heavy atom. The van der Waals surface area contributed by atoms with E-state index in [1.165, 1.54) is 4.90 Å². The molecule has 0 aromatic rings. The van der Waals surface area contributed by atoms with E-state index in [2.05, 4.69) is 24.1 Å². The Labute approximate surface area is 127 Å². The lowest BCUT2D eigenvalue weighted by molar-refractivity contribution is -0.134. The standard InChI is InChI=1S/C15H28N4O2/c1-3-18(4-2)9-10-19-13(20)15(17-14(19)21)8-6-5-7-12(15)11-16/h12H,3-11,16H2,1-2H3,(H,17,21). The van der Waals surface area contributed by atoms with Gasteiger partial charge in [0.25, 0.3) is 5.91 Å². The number of nitrogens with zero attached hydrogens (tertiary/aromatic N) is 2. The van der Waals surface area contributed by atoms with Gasteiger partial charge >= 0.3 is 6.03 Å². The topological polar surface area (TPSA) is 78.7 Å². The van der Waals surface area contributed by atoms with Crippen molar-refractivity contribution in [3.05, 3.63) is 0 Å². The maximum Gasteiger partial charge on any atom is 0.325 e. The summed E-state index contributed by atoms with van der Waals surface area (Å²) < 4.78 is 0. The smallest absolute Gasteiger partial charge is 0.325 e. The number of hydrogen-bond acceptors (Lipinski definition) is 4. The van der Waals surface area contributed by atoms with Crippen LogP contribution in [0.25, 0.3) is 0 Å². The van der Waals surface area contributed by atoms with Gasteiger partial charge in [0.15, 0.2) is 0 Å². The number of likely N-dealkylation sites (N-methyl/N-ethyl adjacent to an activating group) is 1. The maximum atomic E-state index is 12.8. The molecule has 1 saturated carbocycles. The molecule has 1 saturated heterocycles. The first-order valence-electron chi connectivity index (χ1n) is 8.15. The molecule has 3 N–H and O–H groups in total. The van der Waals surface area contributed by atoms with E-state index in [-0.39, 0.29) is 17.9 Å². The fourth-order valence-corrected chi connectivity index (χ4v) is 3.64. The van der Waals surface area contributed by atoms with Gasteiger partial charge in [0, 0.05) is 19.0 Å². The lowest BCUT2D eigenvalue weighted by atomic mass is 9.72. The minimum atomic E-state index is -0.729. The third-order valence-electron chi connectivity index (χ3n) is 5.09. The van der Waals surface area contributed by atoms with Crippen LogP contribution in [0.3, 0.4) is 0 Å². The van der Waals surface area contributed by atoms with E-state index in [0.717, 1.165) is 45.3 Å². The highest BCUT2D eigenvalue weighted by atomic mass is 16.2. The summed E-state index contributed by atoms with van der Waals surface area (Å²) in [5, 5.41) is 2.97. The molecule has 2 atom stereocenters. The van der Waals surface area contributed by atoms with E-state index < -0.39 is 5.54 Å². The number of urea groups is 1. The van der Waals surface area contributed by atoms with Gasteiger partial charge in [0.1, 0.15) is 5.54 Å². The maximum absolute atomic E-state index is 12.8. The molecule has 1 heterocycles. The fraction of sp³-hybridized carbons (Fsp3) is 0.867. The van der Waals surface area contributed by atoms with Crippen LogP contribution in [0.5, 0.6) is 0 Å². The van der Waals surface area contributed by atoms with Crippen LogP contribution in [0.4, 0.5) is 4.79 Å². The Kier molecular flexibility index (Phi) is 5.22. The number of imide groups is 1. The Bertz CT molecular complexity index is 397. The largest absolute Gasteiger partial charge is 0.330 e. The molecule has 0 aromatic heterocycles. The van der Waals surface area contributed by atoms with Crippen LogP contribution in [0, 0.1) is 5.92 Å². The van der Waals surface area contributed by atoms with Gasteiger partial charge in [-0.15, -0.1) is 0 Å². The Balaban J connectivity index is 2.08. The lowest BCUT2D eigenvalue weighted by Crippen LogP contribution is -2.57. The van der Waals surface area contributed by atoms with E-state index in [1.54, 1.807) is 0 Å². The van der Waals surface area contributed by atoms with Gasteiger partial charge in [-0.3, -0.25) is 9.69 Å². The summed E-state index contributed by atoms with van der Waals surface area (Å²) in [5.74, 6) is 0.0101. The van der Waals surface area contributed by atoms with Crippen molar-refractivity contribution in [1.29, 1.82) is 0 Å². The number of rotatable bonds is 6. The van der Waals surface area contributed by atoms with Crippen molar-refractivity contribution >= 4 is 11.9 Å². The first-order valence-corrected chi connectivity index (χ1v) is 8.15. The van der Waals surface area contributed by atoms with Crippen molar-refractivity contribution in [1.82, 2.24) is 15.1 Å². The number of carbonyl (C=O) groups is 2. The number of nitrogens with one attached hydrogen (secondary N) is 1. The molecule has 2 aliphatic rings. The molecule has 3 amide bonds. The number of carbonyl (C=O) groups excluding carboxylic acids is 2. The molecule has 120 valence electrons. The van der Waals surface area contributed by atoms with Crippen molar-refractivity contribution in [3.63, 3.8) is 0 Å². The molecular formula is C15H28N4O2. The second-order valence-electron chi connectivity index (χ2n) is 6.06. The van der Waals surface area contributed by atoms with Gasteiger partial charge in [-0.1, -0.05) is 26.7 Å². The average Bonchev–Trinajstić information content (AvgIpc) is 2.73. The summed E-state index contributed by atoms with van der Waals surface area (Å²) in [6.07, 6.45) is 3.71. The Morgan fingerprint density at radius 2 is 2.05 bits per heavy atom. The molecule has 1 aliphatic carbocycles. The first kappa shape index (κ1) is 16.2. The van der Waals surface area contributed by atoms with Crippen LogP contribution in [-0.4, -0.2) is 60.0 Å². The van der Waals surface area contributed by atoms with Gasteiger partial charge in [-0.2, -0.15) is 0 Å². The molecule has 2 unspecified atom stereocenters. The summed E-state index contributed by atoms with van der Waals surface area (Å²) in [5.41, 5.74) is 5.12. The zero-order chi connectivity index (χ0) is 15.5. The van der Waals surface area contributed by atoms with Crippen LogP contribution >= 0.6 is 0 Å². The Hall–Kier alpha value is -1.14. The van der Waals surface area contributed by atoms with E-state index in [1.807, 2.05) is 0 Å². The molecule has 2 rings (SSSR count). The van der Waals surface area contributed by atoms with Gasteiger partial charge in [0.2, 0.25) is 0 Å². The van der Waals surface area contributed by atoms with E-state index in [9.17, 15) is 9.59 Å². The lowest BCUT2D eigenvalue weighted by Gasteiger charge is -2.38. The molecular weight excluding hydrogens is 268 g/mol. The van der Waals surface area contributed by atoms with E-state index >= 15 is 0 Å². The Morgan fingerprint density at radius 1 is 1.33 bits per heavy atom. The van der Waals surface area contributed by atoms with E-state index in [0.29, 0.717) is 13.1 Å². The second kappa shape index (κ2) is 6.75. The van der Waals surface area contributed by atoms with Gasteiger partial charge in [-0.25, -0.2) is 4.79 Å². The molecule has 6 nitrogen and oxygen atoms in total. The highest BCUT2D eigenvalue weighted by Crippen LogP contribution is 2.37. The highest BCUT2D eigenvalue weighted by molar-refractivity contribution is 6.07. The average molecular weight is 296 g/mol. The monoisotopic (exact) mass is 296 g/mol. The van der Waals surface area contributed by atoms with Crippen LogP contribution < -0.4 is 11.1 Å². The summed E-state index contributed by atoms with van der Waals surface area (Å²) in [4.78, 5) is 28.7. The summed E-state index contributed by atoms with van der Waals surface area (Å²) in [7, 11) is 0. The van der Waals surface area contributed by atoms with Gasteiger partial charge in [-0.05, 0) is 32.5 Å². The zero-order valence-corrected chi connectivity index (χ0v) is 13.2. The predicted molar refractivity (Wildman–Crippen MR) is 81.8 cm³/mol. The van der Waals surface area contributed by atoms with Gasteiger partial charge < -0.3 is 16.0 Å². The fourth-order valence-electron chi connectivity index (χ4n) is 3.64. The second-order valence-corrected chi connectivity index (χ2v) is 6.06. The van der Waals surface area contributed by atoms with Crippen LogP contribution in [-0.2, 0) is 4.79 Å². The minimum absolute atomic E-state index is 0.0604. The molecule has 0 bridgehead atoms. The summed E-state index contributed by atoms with van der Waals surface area (Å²) >= 11 is 0. The van der Waals surface area contributed by atoms with Crippen molar-refractivity contribution in [2.45, 2.75) is 45.1 Å². The quantitative estimate of drug-likeness (QED) is 0.710. The van der Waals surface area contributed by atoms with E-state index in [4.69, 9.17) is 5.73 Å². The molecule has 2 fully saturated rings. The molecule has 0 aromatic carbocycles. The predicted octanol–water partition coefficient (Wildman–Crippen LogP) is 0.768. The van der Waals surface area contributed by atoms with Crippen LogP contribution in [0.15, 0.2) is 0 Å².